The number of nitrogens with one attached hydrogen (secondary N) is 2. The van der Waals surface area contributed by atoms with E-state index in [0.717, 1.165) is 12.1 Å². The predicted octanol–water partition coefficient (Wildman–Crippen LogP) is 1.91. The van der Waals surface area contributed by atoms with Gasteiger partial charge in [0, 0.05) is 12.3 Å². The van der Waals surface area contributed by atoms with E-state index in [1.807, 2.05) is 0 Å². The predicted molar refractivity (Wildman–Crippen MR) is 61.4 cm³/mol. The van der Waals surface area contributed by atoms with Crippen molar-refractivity contribution in [1.82, 2.24) is 4.98 Å². The molecule has 0 saturated heterocycles. The number of rotatable bonds is 2. The number of carbonyl (C=O) groups excluding carboxylic acids is 1. The van der Waals surface area contributed by atoms with E-state index in [-0.39, 0.29) is 16.8 Å². The van der Waals surface area contributed by atoms with Crippen LogP contribution in [0.4, 0.5) is 14.5 Å². The normalized spacial score (nSPS) is 10.1. The first-order valence-corrected chi connectivity index (χ1v) is 5.02. The second-order valence-corrected chi connectivity index (χ2v) is 3.50. The van der Waals surface area contributed by atoms with Crippen LogP contribution in [0, 0.1) is 11.6 Å². The Balaban J connectivity index is 2.24. The first kappa shape index (κ1) is 12.0. The number of benzene rings is 1. The molecule has 0 spiro atoms. The van der Waals surface area contributed by atoms with E-state index >= 15 is 0 Å². The summed E-state index contributed by atoms with van der Waals surface area (Å²) in [6, 6.07) is 5.91. The number of halogens is 2. The average molecular weight is 250 g/mol. The van der Waals surface area contributed by atoms with Crippen molar-refractivity contribution in [2.75, 3.05) is 5.32 Å². The zero-order valence-corrected chi connectivity index (χ0v) is 9.04. The Kier molecular flexibility index (Phi) is 3.18. The highest BCUT2D eigenvalue weighted by Gasteiger charge is 2.11. The number of pyridine rings is 1. The molecule has 2 N–H and O–H groups in total. The van der Waals surface area contributed by atoms with Crippen LogP contribution in [0.5, 0.6) is 0 Å². The van der Waals surface area contributed by atoms with Crippen LogP contribution in [0.1, 0.15) is 10.4 Å². The van der Waals surface area contributed by atoms with Crippen molar-refractivity contribution in [3.05, 3.63) is 64.1 Å². The Bertz CT molecular complexity index is 632. The average Bonchev–Trinajstić information content (AvgIpc) is 2.36. The minimum Gasteiger partial charge on any atom is -0.328 e. The highest BCUT2D eigenvalue weighted by molar-refractivity contribution is 6.04. The van der Waals surface area contributed by atoms with E-state index in [2.05, 4.69) is 10.3 Å². The number of hydrogen-bond acceptors (Lipinski definition) is 2. The van der Waals surface area contributed by atoms with Gasteiger partial charge in [-0.15, -0.1) is 0 Å². The molecule has 2 aromatic rings. The number of carbonyl (C=O) groups is 1. The van der Waals surface area contributed by atoms with E-state index < -0.39 is 17.5 Å². The summed E-state index contributed by atoms with van der Waals surface area (Å²) < 4.78 is 26.2. The molecular weight excluding hydrogens is 242 g/mol. The third kappa shape index (κ3) is 2.42. The smallest absolute Gasteiger partial charge is 0.257 e. The third-order valence-electron chi connectivity index (χ3n) is 2.25. The van der Waals surface area contributed by atoms with Crippen LogP contribution in [0.3, 0.4) is 0 Å². The molecule has 0 aliphatic heterocycles. The maximum absolute atomic E-state index is 13.3. The maximum Gasteiger partial charge on any atom is 0.257 e. The minimum atomic E-state index is -1.13. The molecule has 0 radical (unpaired) electrons. The molecule has 1 aromatic carbocycles. The minimum absolute atomic E-state index is 0.137. The quantitative estimate of drug-likeness (QED) is 0.855. The lowest BCUT2D eigenvalue weighted by atomic mass is 10.2. The van der Waals surface area contributed by atoms with Gasteiger partial charge < -0.3 is 10.3 Å². The molecule has 4 nitrogen and oxygen atoms in total. The summed E-state index contributed by atoms with van der Waals surface area (Å²) in [5, 5.41) is 2.21. The van der Waals surface area contributed by atoms with Crippen LogP contribution in [-0.4, -0.2) is 10.9 Å². The molecular formula is C12H8F2N2O2. The molecule has 18 heavy (non-hydrogen) atoms. The fraction of sp³-hybridized carbons (Fsp3) is 0. The SMILES string of the molecule is O=C(Nc1cccc(F)c1F)c1ccc(=O)[nH]c1. The van der Waals surface area contributed by atoms with Crippen LogP contribution in [0.2, 0.25) is 0 Å². The van der Waals surface area contributed by atoms with Crippen molar-refractivity contribution < 1.29 is 13.6 Å². The summed E-state index contributed by atoms with van der Waals surface area (Å²) in [6.45, 7) is 0. The lowest BCUT2D eigenvalue weighted by Gasteiger charge is -2.06. The Labute approximate surface area is 100 Å². The topological polar surface area (TPSA) is 62.0 Å². The number of aromatic nitrogens is 1. The molecule has 0 unspecified atom stereocenters. The first-order valence-electron chi connectivity index (χ1n) is 5.02. The van der Waals surface area contributed by atoms with Gasteiger partial charge in [-0.05, 0) is 18.2 Å². The van der Waals surface area contributed by atoms with Gasteiger partial charge in [-0.2, -0.15) is 0 Å². The largest absolute Gasteiger partial charge is 0.328 e. The van der Waals surface area contributed by atoms with E-state index in [1.54, 1.807) is 0 Å². The number of aromatic amines is 1. The van der Waals surface area contributed by atoms with Crippen LogP contribution < -0.4 is 10.9 Å². The Morgan fingerprint density at radius 3 is 2.61 bits per heavy atom. The zero-order chi connectivity index (χ0) is 13.1. The number of anilines is 1. The van der Waals surface area contributed by atoms with Gasteiger partial charge in [-0.25, -0.2) is 8.78 Å². The molecule has 2 rings (SSSR count). The van der Waals surface area contributed by atoms with Gasteiger partial charge >= 0.3 is 0 Å². The van der Waals surface area contributed by atoms with Crippen molar-refractivity contribution in [2.24, 2.45) is 0 Å². The summed E-state index contributed by atoms with van der Waals surface area (Å²) in [7, 11) is 0. The van der Waals surface area contributed by atoms with Crippen molar-refractivity contribution in [2.45, 2.75) is 0 Å². The van der Waals surface area contributed by atoms with Gasteiger partial charge in [0.25, 0.3) is 5.91 Å². The molecule has 6 heteroatoms. The van der Waals surface area contributed by atoms with Gasteiger partial charge in [0.1, 0.15) is 0 Å². The van der Waals surface area contributed by atoms with Gasteiger partial charge in [0.05, 0.1) is 11.3 Å². The van der Waals surface area contributed by atoms with E-state index in [0.29, 0.717) is 0 Å². The molecule has 0 atom stereocenters. The van der Waals surface area contributed by atoms with Crippen molar-refractivity contribution in [3.8, 4) is 0 Å². The van der Waals surface area contributed by atoms with Crippen molar-refractivity contribution in [1.29, 1.82) is 0 Å². The van der Waals surface area contributed by atoms with E-state index in [1.165, 1.54) is 24.4 Å². The van der Waals surface area contributed by atoms with Crippen LogP contribution in [0.25, 0.3) is 0 Å². The summed E-state index contributed by atoms with van der Waals surface area (Å²) >= 11 is 0. The van der Waals surface area contributed by atoms with Gasteiger partial charge in [-0.3, -0.25) is 9.59 Å². The summed E-state index contributed by atoms with van der Waals surface area (Å²) in [5.74, 6) is -2.82. The second kappa shape index (κ2) is 4.79. The molecule has 0 fully saturated rings. The highest BCUT2D eigenvalue weighted by Crippen LogP contribution is 2.17. The standard InChI is InChI=1S/C12H8F2N2O2/c13-8-2-1-3-9(11(8)14)16-12(18)7-4-5-10(17)15-6-7/h1-6H,(H,15,17)(H,16,18). The molecule has 0 bridgehead atoms. The Hall–Kier alpha value is -2.50. The van der Waals surface area contributed by atoms with E-state index in [9.17, 15) is 18.4 Å². The molecule has 0 aliphatic carbocycles. The van der Waals surface area contributed by atoms with Gasteiger partial charge in [0.2, 0.25) is 5.56 Å². The lowest BCUT2D eigenvalue weighted by Crippen LogP contribution is -2.15. The van der Waals surface area contributed by atoms with E-state index in [4.69, 9.17) is 0 Å². The maximum atomic E-state index is 13.3. The molecule has 1 aromatic heterocycles. The number of amides is 1. The van der Waals surface area contributed by atoms with Gasteiger partial charge in [-0.1, -0.05) is 6.07 Å². The lowest BCUT2D eigenvalue weighted by molar-refractivity contribution is 0.102. The van der Waals surface area contributed by atoms with Crippen molar-refractivity contribution >= 4 is 11.6 Å². The van der Waals surface area contributed by atoms with Crippen LogP contribution >= 0.6 is 0 Å². The summed E-state index contributed by atoms with van der Waals surface area (Å²) in [5.41, 5.74) is -0.479. The summed E-state index contributed by atoms with van der Waals surface area (Å²) in [6.07, 6.45) is 1.19. The highest BCUT2D eigenvalue weighted by atomic mass is 19.2. The molecule has 92 valence electrons. The summed E-state index contributed by atoms with van der Waals surface area (Å²) in [4.78, 5) is 24.8. The molecule has 1 amide bonds. The third-order valence-corrected chi connectivity index (χ3v) is 2.25. The van der Waals surface area contributed by atoms with Crippen molar-refractivity contribution in [3.63, 3.8) is 0 Å². The zero-order valence-electron chi connectivity index (χ0n) is 9.04. The fourth-order valence-electron chi connectivity index (χ4n) is 1.35. The first-order chi connectivity index (χ1) is 8.58. The van der Waals surface area contributed by atoms with Gasteiger partial charge in [0.15, 0.2) is 11.6 Å². The second-order valence-electron chi connectivity index (χ2n) is 3.50. The van der Waals surface area contributed by atoms with Crippen LogP contribution in [0.15, 0.2) is 41.3 Å². The Morgan fingerprint density at radius 2 is 1.94 bits per heavy atom. The number of H-pyrrole nitrogens is 1. The molecule has 0 aliphatic rings. The fourth-order valence-corrected chi connectivity index (χ4v) is 1.35. The monoisotopic (exact) mass is 250 g/mol. The Morgan fingerprint density at radius 1 is 1.17 bits per heavy atom. The molecule has 1 heterocycles. The number of hydrogen-bond donors (Lipinski definition) is 2. The van der Waals surface area contributed by atoms with Crippen LogP contribution in [-0.2, 0) is 0 Å². The molecule has 0 saturated carbocycles.